The average molecular weight is 457 g/mol. The van der Waals surface area contributed by atoms with Gasteiger partial charge in [-0.25, -0.2) is 0 Å². The summed E-state index contributed by atoms with van der Waals surface area (Å²) >= 11 is 7.43. The first-order valence-corrected chi connectivity index (χ1v) is 11.7. The van der Waals surface area contributed by atoms with E-state index >= 15 is 0 Å². The normalized spacial score (nSPS) is 16.9. The van der Waals surface area contributed by atoms with Gasteiger partial charge in [0, 0.05) is 17.2 Å². The number of benzene rings is 2. The SMILES string of the molecule is C[C@@H](NC(=O)CSc1nnc(-c2ccc(Cl)cc2)n1C[C@@H]1CCCO1)c1ccccc1. The molecule has 0 bridgehead atoms. The Hall–Kier alpha value is -2.35. The molecule has 6 nitrogen and oxygen atoms in total. The number of hydrogen-bond donors (Lipinski definition) is 1. The van der Waals surface area contributed by atoms with Gasteiger partial charge in [-0.15, -0.1) is 10.2 Å². The van der Waals surface area contributed by atoms with Crippen LogP contribution in [0.1, 0.15) is 31.4 Å². The lowest BCUT2D eigenvalue weighted by Crippen LogP contribution is -2.28. The number of nitrogens with zero attached hydrogens (tertiary/aromatic N) is 3. The van der Waals surface area contributed by atoms with Crippen molar-refractivity contribution >= 4 is 29.3 Å². The van der Waals surface area contributed by atoms with Crippen molar-refractivity contribution < 1.29 is 9.53 Å². The number of nitrogens with one attached hydrogen (secondary N) is 1. The lowest BCUT2D eigenvalue weighted by Gasteiger charge is -2.16. The molecule has 4 rings (SSSR count). The first-order chi connectivity index (χ1) is 15.1. The predicted molar refractivity (Wildman–Crippen MR) is 123 cm³/mol. The third-order valence-corrected chi connectivity index (χ3v) is 6.46. The zero-order valence-corrected chi connectivity index (χ0v) is 18.9. The predicted octanol–water partition coefficient (Wildman–Crippen LogP) is 4.75. The summed E-state index contributed by atoms with van der Waals surface area (Å²) in [5, 5.41) is 13.2. The maximum absolute atomic E-state index is 12.5. The average Bonchev–Trinajstić information content (AvgIpc) is 3.44. The van der Waals surface area contributed by atoms with E-state index in [1.54, 1.807) is 0 Å². The highest BCUT2D eigenvalue weighted by molar-refractivity contribution is 7.99. The molecule has 3 aromatic rings. The number of aromatic nitrogens is 3. The minimum Gasteiger partial charge on any atom is -0.376 e. The highest BCUT2D eigenvalue weighted by Crippen LogP contribution is 2.27. The molecule has 1 aromatic heterocycles. The van der Waals surface area contributed by atoms with Crippen LogP contribution in [0.2, 0.25) is 5.02 Å². The smallest absolute Gasteiger partial charge is 0.230 e. The van der Waals surface area contributed by atoms with Crippen LogP contribution in [0.5, 0.6) is 0 Å². The van der Waals surface area contributed by atoms with E-state index in [4.69, 9.17) is 16.3 Å². The maximum Gasteiger partial charge on any atom is 0.230 e. The fourth-order valence-electron chi connectivity index (χ4n) is 3.60. The van der Waals surface area contributed by atoms with Crippen LogP contribution < -0.4 is 5.32 Å². The lowest BCUT2D eigenvalue weighted by molar-refractivity contribution is -0.119. The van der Waals surface area contributed by atoms with E-state index in [9.17, 15) is 4.79 Å². The second-order valence-electron chi connectivity index (χ2n) is 7.55. The van der Waals surface area contributed by atoms with Gasteiger partial charge in [-0.1, -0.05) is 53.7 Å². The van der Waals surface area contributed by atoms with Gasteiger partial charge in [0.05, 0.1) is 24.4 Å². The van der Waals surface area contributed by atoms with Gasteiger partial charge in [0.15, 0.2) is 11.0 Å². The van der Waals surface area contributed by atoms with Crippen molar-refractivity contribution in [2.75, 3.05) is 12.4 Å². The molecule has 0 spiro atoms. The quantitative estimate of drug-likeness (QED) is 0.495. The number of carbonyl (C=O) groups excluding carboxylic acids is 1. The molecule has 2 aromatic carbocycles. The summed E-state index contributed by atoms with van der Waals surface area (Å²) in [6.45, 7) is 3.43. The first-order valence-electron chi connectivity index (χ1n) is 10.4. The fraction of sp³-hybridized carbons (Fsp3) is 0.348. The molecule has 0 aliphatic carbocycles. The van der Waals surface area contributed by atoms with Crippen LogP contribution in [0.3, 0.4) is 0 Å². The summed E-state index contributed by atoms with van der Waals surface area (Å²) in [7, 11) is 0. The third kappa shape index (κ3) is 5.67. The van der Waals surface area contributed by atoms with Gasteiger partial charge in [0.1, 0.15) is 0 Å². The van der Waals surface area contributed by atoms with Crippen molar-refractivity contribution in [1.82, 2.24) is 20.1 Å². The van der Waals surface area contributed by atoms with E-state index < -0.39 is 0 Å². The molecule has 2 atom stereocenters. The summed E-state index contributed by atoms with van der Waals surface area (Å²) in [6.07, 6.45) is 2.20. The zero-order chi connectivity index (χ0) is 21.6. The molecule has 0 radical (unpaired) electrons. The summed E-state index contributed by atoms with van der Waals surface area (Å²) in [4.78, 5) is 12.5. The highest BCUT2D eigenvalue weighted by atomic mass is 35.5. The number of hydrogen-bond acceptors (Lipinski definition) is 5. The van der Waals surface area contributed by atoms with Gasteiger partial charge < -0.3 is 10.1 Å². The molecule has 1 saturated heterocycles. The number of thioether (sulfide) groups is 1. The Morgan fingerprint density at radius 1 is 1.23 bits per heavy atom. The summed E-state index contributed by atoms with van der Waals surface area (Å²) in [5.41, 5.74) is 2.01. The molecule has 0 unspecified atom stereocenters. The van der Waals surface area contributed by atoms with Gasteiger partial charge >= 0.3 is 0 Å². The Kier molecular flexibility index (Phi) is 7.27. The molecule has 1 aliphatic rings. The van der Waals surface area contributed by atoms with Crippen molar-refractivity contribution in [3.05, 3.63) is 65.2 Å². The Labute approximate surface area is 191 Å². The molecule has 8 heteroatoms. The summed E-state index contributed by atoms with van der Waals surface area (Å²) in [5.74, 6) is 0.982. The molecule has 1 N–H and O–H groups in total. The van der Waals surface area contributed by atoms with E-state index in [1.807, 2.05) is 61.5 Å². The van der Waals surface area contributed by atoms with Crippen molar-refractivity contribution in [2.45, 2.75) is 43.6 Å². The first kappa shape index (κ1) is 21.9. The maximum atomic E-state index is 12.5. The molecular weight excluding hydrogens is 432 g/mol. The zero-order valence-electron chi connectivity index (χ0n) is 17.3. The second kappa shape index (κ2) is 10.3. The number of carbonyl (C=O) groups is 1. The summed E-state index contributed by atoms with van der Waals surface area (Å²) < 4.78 is 7.89. The van der Waals surface area contributed by atoms with Gasteiger partial charge in [-0.05, 0) is 49.6 Å². The Morgan fingerprint density at radius 2 is 2.00 bits per heavy atom. The molecular formula is C23H25ClN4O2S. The molecule has 31 heavy (non-hydrogen) atoms. The van der Waals surface area contributed by atoms with E-state index in [2.05, 4.69) is 20.1 Å². The fourth-order valence-corrected chi connectivity index (χ4v) is 4.49. The largest absolute Gasteiger partial charge is 0.376 e. The molecule has 0 saturated carbocycles. The topological polar surface area (TPSA) is 69.0 Å². The van der Waals surface area contributed by atoms with Gasteiger partial charge in [-0.2, -0.15) is 0 Å². The third-order valence-electron chi connectivity index (χ3n) is 5.24. The Balaban J connectivity index is 1.46. The van der Waals surface area contributed by atoms with E-state index in [-0.39, 0.29) is 23.8 Å². The van der Waals surface area contributed by atoms with Crippen LogP contribution in [0.25, 0.3) is 11.4 Å². The van der Waals surface area contributed by atoms with Crippen LogP contribution in [0, 0.1) is 0 Å². The molecule has 1 aliphatic heterocycles. The Morgan fingerprint density at radius 3 is 2.71 bits per heavy atom. The Bertz CT molecular complexity index is 1000. The second-order valence-corrected chi connectivity index (χ2v) is 8.93. The van der Waals surface area contributed by atoms with Gasteiger partial charge in [-0.3, -0.25) is 9.36 Å². The van der Waals surface area contributed by atoms with Crippen LogP contribution in [-0.4, -0.2) is 39.1 Å². The van der Waals surface area contributed by atoms with Gasteiger partial charge in [0.25, 0.3) is 0 Å². The minimum atomic E-state index is -0.0521. The minimum absolute atomic E-state index is 0.0407. The summed E-state index contributed by atoms with van der Waals surface area (Å²) in [6, 6.07) is 17.4. The van der Waals surface area contributed by atoms with Gasteiger partial charge in [0.2, 0.25) is 5.91 Å². The number of amides is 1. The van der Waals surface area contributed by atoms with Crippen LogP contribution in [0.15, 0.2) is 59.8 Å². The number of halogens is 1. The molecule has 1 amide bonds. The van der Waals surface area contributed by atoms with Crippen molar-refractivity contribution in [3.63, 3.8) is 0 Å². The van der Waals surface area contributed by atoms with E-state index in [0.29, 0.717) is 16.7 Å². The van der Waals surface area contributed by atoms with Crippen molar-refractivity contribution in [3.8, 4) is 11.4 Å². The lowest BCUT2D eigenvalue weighted by atomic mass is 10.1. The van der Waals surface area contributed by atoms with Crippen LogP contribution in [0.4, 0.5) is 0 Å². The van der Waals surface area contributed by atoms with Crippen LogP contribution >= 0.6 is 23.4 Å². The molecule has 2 heterocycles. The van der Waals surface area contributed by atoms with E-state index in [1.165, 1.54) is 11.8 Å². The van der Waals surface area contributed by atoms with E-state index in [0.717, 1.165) is 36.4 Å². The van der Waals surface area contributed by atoms with Crippen molar-refractivity contribution in [2.24, 2.45) is 0 Å². The number of ether oxygens (including phenoxy) is 1. The monoisotopic (exact) mass is 456 g/mol. The molecule has 162 valence electrons. The van der Waals surface area contributed by atoms with Crippen molar-refractivity contribution in [1.29, 1.82) is 0 Å². The standard InChI is InChI=1S/C23H25ClN4O2S/c1-16(17-6-3-2-4-7-17)25-21(29)15-31-23-27-26-22(18-9-11-19(24)12-10-18)28(23)14-20-8-5-13-30-20/h2-4,6-7,9-12,16,20H,5,8,13-15H2,1H3,(H,25,29)/t16-,20+/m1/s1. The molecule has 1 fully saturated rings. The van der Waals surface area contributed by atoms with Crippen LogP contribution in [-0.2, 0) is 16.1 Å². The number of rotatable bonds is 8. The highest BCUT2D eigenvalue weighted by Gasteiger charge is 2.22.